The van der Waals surface area contributed by atoms with E-state index in [0.29, 0.717) is 6.61 Å². The summed E-state index contributed by atoms with van der Waals surface area (Å²) in [5.74, 6) is 0. The number of rotatable bonds is 5. The van der Waals surface area contributed by atoms with Gasteiger partial charge < -0.3 is 4.74 Å². The highest BCUT2D eigenvalue weighted by Gasteiger charge is 2.27. The number of non-ortho nitro benzene ring substituents is 1. The lowest BCUT2D eigenvalue weighted by Crippen LogP contribution is -2.12. The van der Waals surface area contributed by atoms with Crippen LogP contribution in [0.25, 0.3) is 0 Å². The van der Waals surface area contributed by atoms with Gasteiger partial charge in [0.15, 0.2) is 0 Å². The summed E-state index contributed by atoms with van der Waals surface area (Å²) in [7, 11) is -3.89. The second kappa shape index (κ2) is 4.63. The van der Waals surface area contributed by atoms with E-state index in [4.69, 9.17) is 8.92 Å². The monoisotopic (exact) mass is 273 g/mol. The Balaban J connectivity index is 2.23. The lowest BCUT2D eigenvalue weighted by atomic mass is 10.2. The van der Waals surface area contributed by atoms with Crippen LogP contribution in [0.1, 0.15) is 5.56 Å². The Hall–Kier alpha value is -1.51. The second-order valence-electron chi connectivity index (χ2n) is 3.90. The molecule has 1 unspecified atom stereocenters. The maximum Gasteiger partial charge on any atom is 0.297 e. The van der Waals surface area contributed by atoms with Gasteiger partial charge in [-0.15, -0.1) is 0 Å². The Kier molecular flexibility index (Phi) is 3.33. The summed E-state index contributed by atoms with van der Waals surface area (Å²) in [5.41, 5.74) is 0.123. The molecule has 1 aromatic rings. The highest BCUT2D eigenvalue weighted by Crippen LogP contribution is 2.23. The van der Waals surface area contributed by atoms with E-state index in [-0.39, 0.29) is 28.9 Å². The molecule has 1 heterocycles. The molecule has 8 heteroatoms. The van der Waals surface area contributed by atoms with E-state index in [1.54, 1.807) is 0 Å². The van der Waals surface area contributed by atoms with E-state index < -0.39 is 15.0 Å². The molecule has 1 fully saturated rings. The second-order valence-corrected chi connectivity index (χ2v) is 5.48. The smallest absolute Gasteiger partial charge is 0.297 e. The van der Waals surface area contributed by atoms with Gasteiger partial charge in [-0.1, -0.05) is 0 Å². The van der Waals surface area contributed by atoms with Crippen LogP contribution in [0, 0.1) is 17.0 Å². The standard InChI is InChI=1S/C10H11NO6S/c1-7-4-8(11(12)13)2-3-10(7)18(14,15)17-6-9-5-16-9/h2-4,9H,5-6H2,1H3. The number of benzene rings is 1. The highest BCUT2D eigenvalue weighted by atomic mass is 32.2. The zero-order valence-corrected chi connectivity index (χ0v) is 10.3. The average molecular weight is 273 g/mol. The minimum atomic E-state index is -3.89. The normalized spacial score (nSPS) is 18.6. The molecule has 0 N–H and O–H groups in total. The Morgan fingerprint density at radius 1 is 1.56 bits per heavy atom. The van der Waals surface area contributed by atoms with Crippen molar-refractivity contribution in [2.24, 2.45) is 0 Å². The molecule has 18 heavy (non-hydrogen) atoms. The lowest BCUT2D eigenvalue weighted by molar-refractivity contribution is -0.385. The van der Waals surface area contributed by atoms with Gasteiger partial charge >= 0.3 is 0 Å². The molecule has 0 radical (unpaired) electrons. The van der Waals surface area contributed by atoms with E-state index in [2.05, 4.69) is 0 Å². The summed E-state index contributed by atoms with van der Waals surface area (Å²) in [4.78, 5) is 9.90. The average Bonchev–Trinajstić information content (AvgIpc) is 3.09. The number of epoxide rings is 1. The van der Waals surface area contributed by atoms with Crippen molar-refractivity contribution in [2.45, 2.75) is 17.9 Å². The molecule has 0 aliphatic carbocycles. The van der Waals surface area contributed by atoms with Crippen LogP contribution in [0.4, 0.5) is 5.69 Å². The SMILES string of the molecule is Cc1cc([N+](=O)[O-])ccc1S(=O)(=O)OCC1CO1. The van der Waals surface area contributed by atoms with Gasteiger partial charge in [0.05, 0.1) is 23.0 Å². The van der Waals surface area contributed by atoms with E-state index in [1.165, 1.54) is 19.1 Å². The lowest BCUT2D eigenvalue weighted by Gasteiger charge is -2.06. The molecular formula is C10H11NO6S. The van der Waals surface area contributed by atoms with Crippen LogP contribution in [0.15, 0.2) is 23.1 Å². The van der Waals surface area contributed by atoms with Gasteiger partial charge in [-0.25, -0.2) is 0 Å². The number of nitrogens with zero attached hydrogens (tertiary/aromatic N) is 1. The number of hydrogen-bond donors (Lipinski definition) is 0. The molecule has 98 valence electrons. The summed E-state index contributed by atoms with van der Waals surface area (Å²) in [6.07, 6.45) is -0.168. The van der Waals surface area contributed by atoms with E-state index >= 15 is 0 Å². The Labute approximate surface area is 104 Å². The van der Waals surface area contributed by atoms with Gasteiger partial charge in [0.25, 0.3) is 15.8 Å². The van der Waals surface area contributed by atoms with Crippen molar-refractivity contribution < 1.29 is 22.3 Å². The fourth-order valence-corrected chi connectivity index (χ4v) is 2.57. The third-order valence-electron chi connectivity index (χ3n) is 2.45. The topological polar surface area (TPSA) is 99.0 Å². The summed E-state index contributed by atoms with van der Waals surface area (Å²) in [6, 6.07) is 3.51. The number of ether oxygens (including phenoxy) is 1. The van der Waals surface area contributed by atoms with Gasteiger partial charge in [0.2, 0.25) is 0 Å². The van der Waals surface area contributed by atoms with Gasteiger partial charge in [0.1, 0.15) is 6.10 Å². The van der Waals surface area contributed by atoms with E-state index in [1.807, 2.05) is 0 Å². The van der Waals surface area contributed by atoms with E-state index in [9.17, 15) is 18.5 Å². The minimum absolute atomic E-state index is 0.0290. The van der Waals surface area contributed by atoms with Crippen molar-refractivity contribution in [3.05, 3.63) is 33.9 Å². The van der Waals surface area contributed by atoms with E-state index in [0.717, 1.165) is 6.07 Å². The first-order valence-corrected chi connectivity index (χ1v) is 6.57. The molecule has 0 amide bonds. The van der Waals surface area contributed by atoms with Crippen molar-refractivity contribution >= 4 is 15.8 Å². The van der Waals surface area contributed by atoms with Crippen molar-refractivity contribution in [3.63, 3.8) is 0 Å². The molecule has 1 aromatic carbocycles. The number of nitro benzene ring substituents is 1. The molecule has 0 saturated carbocycles. The van der Waals surface area contributed by atoms with Crippen LogP contribution in [-0.2, 0) is 19.0 Å². The zero-order valence-electron chi connectivity index (χ0n) is 9.53. The Morgan fingerprint density at radius 2 is 2.22 bits per heavy atom. The van der Waals surface area contributed by atoms with Crippen molar-refractivity contribution in [2.75, 3.05) is 13.2 Å². The quantitative estimate of drug-likeness (QED) is 0.343. The molecule has 2 rings (SSSR count). The van der Waals surface area contributed by atoms with Gasteiger partial charge in [-0.2, -0.15) is 8.42 Å². The molecule has 1 aliphatic heterocycles. The molecule has 0 aromatic heterocycles. The summed E-state index contributed by atoms with van der Waals surface area (Å²) in [5, 5.41) is 10.5. The first kappa shape index (κ1) is 12.9. The van der Waals surface area contributed by atoms with Gasteiger partial charge in [-0.05, 0) is 18.6 Å². The Morgan fingerprint density at radius 3 is 2.72 bits per heavy atom. The van der Waals surface area contributed by atoms with Crippen molar-refractivity contribution in [3.8, 4) is 0 Å². The van der Waals surface area contributed by atoms with Crippen LogP contribution in [-0.4, -0.2) is 32.7 Å². The predicted molar refractivity (Wildman–Crippen MR) is 60.7 cm³/mol. The molecule has 0 bridgehead atoms. The molecule has 1 saturated heterocycles. The van der Waals surface area contributed by atoms with Crippen LogP contribution < -0.4 is 0 Å². The minimum Gasteiger partial charge on any atom is -0.371 e. The third kappa shape index (κ3) is 2.84. The molecule has 1 aliphatic rings. The number of hydrogen-bond acceptors (Lipinski definition) is 6. The van der Waals surface area contributed by atoms with Crippen LogP contribution in [0.3, 0.4) is 0 Å². The van der Waals surface area contributed by atoms with Gasteiger partial charge in [0, 0.05) is 12.1 Å². The van der Waals surface area contributed by atoms with Crippen LogP contribution >= 0.6 is 0 Å². The maximum absolute atomic E-state index is 11.8. The maximum atomic E-state index is 11.8. The summed E-state index contributed by atoms with van der Waals surface area (Å²) in [6.45, 7) is 1.95. The molecule has 0 spiro atoms. The fraction of sp³-hybridized carbons (Fsp3) is 0.400. The fourth-order valence-electron chi connectivity index (χ4n) is 1.42. The Bertz CT molecular complexity index is 578. The van der Waals surface area contributed by atoms with Crippen molar-refractivity contribution in [1.29, 1.82) is 0 Å². The summed E-state index contributed by atoms with van der Waals surface area (Å²) < 4.78 is 33.3. The number of aryl methyl sites for hydroxylation is 1. The first-order valence-electron chi connectivity index (χ1n) is 5.16. The van der Waals surface area contributed by atoms with Crippen LogP contribution in [0.5, 0.6) is 0 Å². The van der Waals surface area contributed by atoms with Crippen LogP contribution in [0.2, 0.25) is 0 Å². The number of nitro groups is 1. The zero-order chi connectivity index (χ0) is 13.3. The summed E-state index contributed by atoms with van der Waals surface area (Å²) >= 11 is 0. The largest absolute Gasteiger partial charge is 0.371 e. The third-order valence-corrected chi connectivity index (χ3v) is 3.89. The molecular weight excluding hydrogens is 262 g/mol. The predicted octanol–water partition coefficient (Wildman–Crippen LogP) is 1.01. The first-order chi connectivity index (χ1) is 8.40. The van der Waals surface area contributed by atoms with Gasteiger partial charge in [-0.3, -0.25) is 14.3 Å². The highest BCUT2D eigenvalue weighted by molar-refractivity contribution is 7.86. The molecule has 1 atom stereocenters. The van der Waals surface area contributed by atoms with Crippen molar-refractivity contribution in [1.82, 2.24) is 0 Å². The molecule has 7 nitrogen and oxygen atoms in total.